The van der Waals surface area contributed by atoms with Crippen LogP contribution in [0.15, 0.2) is 77.9 Å². The molecule has 1 unspecified atom stereocenters. The molecule has 0 aliphatic heterocycles. The molecule has 0 aromatic heterocycles. The SMILES string of the molecule is Cc1ccc(N/C(N)=N/C(C)(NN/C=C\c2cccc(O)c2O)Nc2ccccc2)c(C)c1. The zero-order valence-corrected chi connectivity index (χ0v) is 18.9. The Kier molecular flexibility index (Phi) is 7.42. The molecule has 0 saturated carbocycles. The standard InChI is InChI=1S/C25H30N6O2/c1-17-12-13-21(18(2)16-17)28-24(26)30-25(3,29-20-9-5-4-6-10-20)31-27-15-14-19-8-7-11-22(32)23(19)33/h4-16,27,29,31-33H,1-3H3,(H3,26,28,30)/b15-14-. The van der Waals surface area contributed by atoms with Crippen molar-refractivity contribution in [2.45, 2.75) is 26.6 Å². The van der Waals surface area contributed by atoms with Gasteiger partial charge in [-0.3, -0.25) is 0 Å². The van der Waals surface area contributed by atoms with Gasteiger partial charge in [0.1, 0.15) is 0 Å². The third-order valence-corrected chi connectivity index (χ3v) is 4.86. The molecule has 3 aromatic carbocycles. The average Bonchev–Trinajstić information content (AvgIpc) is 2.76. The van der Waals surface area contributed by atoms with Crippen molar-refractivity contribution >= 4 is 23.4 Å². The third kappa shape index (κ3) is 6.65. The van der Waals surface area contributed by atoms with Gasteiger partial charge in [0.05, 0.1) is 0 Å². The maximum atomic E-state index is 9.94. The first-order valence-corrected chi connectivity index (χ1v) is 10.5. The van der Waals surface area contributed by atoms with Gasteiger partial charge in [-0.25, -0.2) is 4.99 Å². The van der Waals surface area contributed by atoms with E-state index in [2.05, 4.69) is 32.5 Å². The van der Waals surface area contributed by atoms with Crippen LogP contribution in [0.25, 0.3) is 6.08 Å². The number of nitrogens with zero attached hydrogens (tertiary/aromatic N) is 1. The van der Waals surface area contributed by atoms with E-state index in [4.69, 9.17) is 5.73 Å². The molecule has 8 nitrogen and oxygen atoms in total. The number of para-hydroxylation sites is 2. The van der Waals surface area contributed by atoms with E-state index in [1.54, 1.807) is 24.4 Å². The second-order valence-corrected chi connectivity index (χ2v) is 7.82. The minimum atomic E-state index is -1.04. The van der Waals surface area contributed by atoms with Crippen molar-refractivity contribution in [3.63, 3.8) is 0 Å². The number of anilines is 2. The monoisotopic (exact) mass is 446 g/mol. The van der Waals surface area contributed by atoms with Gasteiger partial charge in [0, 0.05) is 23.1 Å². The van der Waals surface area contributed by atoms with Crippen LogP contribution in [0.4, 0.5) is 11.4 Å². The Bertz CT molecular complexity index is 1150. The molecular formula is C25H30N6O2. The Labute approximate surface area is 193 Å². The first kappa shape index (κ1) is 23.5. The fourth-order valence-electron chi connectivity index (χ4n) is 3.25. The van der Waals surface area contributed by atoms with Crippen LogP contribution < -0.4 is 27.2 Å². The number of nitrogens with two attached hydrogens (primary N) is 1. The first-order valence-electron chi connectivity index (χ1n) is 10.5. The van der Waals surface area contributed by atoms with Crippen molar-refractivity contribution in [2.75, 3.05) is 10.6 Å². The topological polar surface area (TPSA) is 127 Å². The number of aliphatic imine (C=N–C) groups is 1. The molecule has 33 heavy (non-hydrogen) atoms. The van der Waals surface area contributed by atoms with Gasteiger partial charge in [0.15, 0.2) is 17.5 Å². The minimum absolute atomic E-state index is 0.185. The molecule has 0 heterocycles. The van der Waals surface area contributed by atoms with Crippen LogP contribution in [0.1, 0.15) is 23.6 Å². The summed E-state index contributed by atoms with van der Waals surface area (Å²) in [5.41, 5.74) is 16.7. The van der Waals surface area contributed by atoms with Gasteiger partial charge in [-0.2, -0.15) is 5.43 Å². The molecule has 3 rings (SSSR count). The number of hydrogen-bond donors (Lipinski definition) is 7. The summed E-state index contributed by atoms with van der Waals surface area (Å²) in [5, 5.41) is 26.0. The van der Waals surface area contributed by atoms with Crippen molar-refractivity contribution in [3.05, 3.63) is 89.6 Å². The Morgan fingerprint density at radius 3 is 2.48 bits per heavy atom. The Hall–Kier alpha value is -4.17. The number of rotatable bonds is 8. The molecule has 0 aliphatic rings. The largest absolute Gasteiger partial charge is 0.504 e. The van der Waals surface area contributed by atoms with Crippen molar-refractivity contribution in [1.29, 1.82) is 0 Å². The summed E-state index contributed by atoms with van der Waals surface area (Å²) in [5.74, 6) is -1.20. The van der Waals surface area contributed by atoms with Gasteiger partial charge in [-0.1, -0.05) is 48.0 Å². The number of phenols is 2. The van der Waals surface area contributed by atoms with Crippen molar-refractivity contribution < 1.29 is 10.2 Å². The average molecular weight is 447 g/mol. The molecule has 172 valence electrons. The van der Waals surface area contributed by atoms with E-state index < -0.39 is 5.79 Å². The van der Waals surface area contributed by atoms with E-state index in [0.717, 1.165) is 16.9 Å². The lowest BCUT2D eigenvalue weighted by Crippen LogP contribution is -2.54. The number of aryl methyl sites for hydroxylation is 2. The van der Waals surface area contributed by atoms with E-state index in [0.29, 0.717) is 5.56 Å². The van der Waals surface area contributed by atoms with Gasteiger partial charge in [-0.05, 0) is 56.7 Å². The van der Waals surface area contributed by atoms with Crippen molar-refractivity contribution in [1.82, 2.24) is 10.9 Å². The molecule has 0 saturated heterocycles. The minimum Gasteiger partial charge on any atom is -0.504 e. The smallest absolute Gasteiger partial charge is 0.202 e. The molecule has 0 spiro atoms. The van der Waals surface area contributed by atoms with Crippen molar-refractivity contribution in [2.24, 2.45) is 10.7 Å². The van der Waals surface area contributed by atoms with Gasteiger partial charge in [0.2, 0.25) is 5.79 Å². The molecule has 0 radical (unpaired) electrons. The van der Waals surface area contributed by atoms with E-state index in [1.165, 1.54) is 11.6 Å². The summed E-state index contributed by atoms with van der Waals surface area (Å²) in [6, 6.07) is 20.4. The van der Waals surface area contributed by atoms with Gasteiger partial charge < -0.3 is 32.0 Å². The maximum absolute atomic E-state index is 9.94. The highest BCUT2D eigenvalue weighted by molar-refractivity contribution is 5.93. The van der Waals surface area contributed by atoms with Crippen LogP contribution in [0.3, 0.4) is 0 Å². The number of phenolic OH excluding ortho intramolecular Hbond substituents is 2. The van der Waals surface area contributed by atoms with Gasteiger partial charge >= 0.3 is 0 Å². The van der Waals surface area contributed by atoms with Crippen LogP contribution in [-0.4, -0.2) is 22.0 Å². The van der Waals surface area contributed by atoms with Crippen LogP contribution in [0.5, 0.6) is 11.5 Å². The van der Waals surface area contributed by atoms with E-state index in [-0.39, 0.29) is 17.5 Å². The van der Waals surface area contributed by atoms with Crippen LogP contribution in [0.2, 0.25) is 0 Å². The summed E-state index contributed by atoms with van der Waals surface area (Å²) in [6.45, 7) is 5.86. The predicted octanol–water partition coefficient (Wildman–Crippen LogP) is 3.99. The maximum Gasteiger partial charge on any atom is 0.202 e. The summed E-state index contributed by atoms with van der Waals surface area (Å²) in [6.07, 6.45) is 3.20. The normalized spacial score (nSPS) is 13.5. The van der Waals surface area contributed by atoms with E-state index in [9.17, 15) is 10.2 Å². The quantitative estimate of drug-likeness (QED) is 0.0917. The molecule has 3 aromatic rings. The molecule has 8 heteroatoms. The van der Waals surface area contributed by atoms with Gasteiger partial charge in [-0.15, -0.1) is 0 Å². The highest BCUT2D eigenvalue weighted by Gasteiger charge is 2.23. The third-order valence-electron chi connectivity index (χ3n) is 4.86. The van der Waals surface area contributed by atoms with Crippen LogP contribution in [-0.2, 0) is 0 Å². The zero-order valence-electron chi connectivity index (χ0n) is 18.9. The summed E-state index contributed by atoms with van der Waals surface area (Å²) in [4.78, 5) is 4.61. The summed E-state index contributed by atoms with van der Waals surface area (Å²) in [7, 11) is 0. The second-order valence-electron chi connectivity index (χ2n) is 7.82. The molecule has 8 N–H and O–H groups in total. The highest BCUT2D eigenvalue weighted by Crippen LogP contribution is 2.28. The number of benzene rings is 3. The number of aromatic hydroxyl groups is 2. The molecule has 0 fully saturated rings. The lowest BCUT2D eigenvalue weighted by atomic mass is 10.1. The first-order chi connectivity index (χ1) is 15.8. The Balaban J connectivity index is 1.77. The van der Waals surface area contributed by atoms with Gasteiger partial charge in [0.25, 0.3) is 0 Å². The molecule has 0 aliphatic carbocycles. The Morgan fingerprint density at radius 1 is 1.00 bits per heavy atom. The predicted molar refractivity (Wildman–Crippen MR) is 135 cm³/mol. The lowest BCUT2D eigenvalue weighted by molar-refractivity contribution is 0.388. The number of hydrazine groups is 1. The van der Waals surface area contributed by atoms with E-state index in [1.807, 2.05) is 63.2 Å². The fourth-order valence-corrected chi connectivity index (χ4v) is 3.25. The Morgan fingerprint density at radius 2 is 1.76 bits per heavy atom. The van der Waals surface area contributed by atoms with Crippen LogP contribution in [0, 0.1) is 13.8 Å². The van der Waals surface area contributed by atoms with Crippen molar-refractivity contribution in [3.8, 4) is 11.5 Å². The highest BCUT2D eigenvalue weighted by atomic mass is 16.3. The summed E-state index contributed by atoms with van der Waals surface area (Å²) >= 11 is 0. The second kappa shape index (κ2) is 10.4. The number of hydrogen-bond acceptors (Lipinski definition) is 6. The number of nitrogens with one attached hydrogen (secondary N) is 4. The molecule has 1 atom stereocenters. The molecule has 0 amide bonds. The summed E-state index contributed by atoms with van der Waals surface area (Å²) < 4.78 is 0. The molecule has 0 bridgehead atoms. The number of guanidine groups is 1. The van der Waals surface area contributed by atoms with Crippen LogP contribution >= 0.6 is 0 Å². The fraction of sp³-hybridized carbons (Fsp3) is 0.160. The molecular weight excluding hydrogens is 416 g/mol. The van der Waals surface area contributed by atoms with E-state index >= 15 is 0 Å². The zero-order chi connectivity index (χ0) is 23.8. The lowest BCUT2D eigenvalue weighted by Gasteiger charge is -2.29.